The summed E-state index contributed by atoms with van der Waals surface area (Å²) in [6.45, 7) is -1.10. The van der Waals surface area contributed by atoms with Crippen LogP contribution in [-0.4, -0.2) is 77.8 Å². The van der Waals surface area contributed by atoms with Crippen molar-refractivity contribution in [2.75, 3.05) is 39.3 Å². The van der Waals surface area contributed by atoms with E-state index in [0.29, 0.717) is 0 Å². The molecular weight excluding hydrogens is 306 g/mol. The van der Waals surface area contributed by atoms with Crippen LogP contribution in [-0.2, 0) is 17.1 Å². The van der Waals surface area contributed by atoms with E-state index < -0.39 is 29.1 Å². The molecule has 2 heterocycles. The SMILES string of the molecule is Cn1nccc1S(=O)(=O)N1CCN(CC(F)(F)CO)CC1. The summed E-state index contributed by atoms with van der Waals surface area (Å²) in [4.78, 5) is 1.45. The van der Waals surface area contributed by atoms with Gasteiger partial charge in [0.15, 0.2) is 5.03 Å². The van der Waals surface area contributed by atoms with Crippen molar-refractivity contribution >= 4 is 10.0 Å². The number of sulfonamides is 1. The van der Waals surface area contributed by atoms with Crippen molar-refractivity contribution in [1.29, 1.82) is 0 Å². The molecule has 2 rings (SSSR count). The highest BCUT2D eigenvalue weighted by Crippen LogP contribution is 2.19. The summed E-state index contributed by atoms with van der Waals surface area (Å²) >= 11 is 0. The minimum Gasteiger partial charge on any atom is -0.390 e. The lowest BCUT2D eigenvalue weighted by Crippen LogP contribution is -2.52. The molecule has 0 radical (unpaired) electrons. The normalized spacial score (nSPS) is 19.0. The van der Waals surface area contributed by atoms with Gasteiger partial charge in [-0.3, -0.25) is 9.58 Å². The van der Waals surface area contributed by atoms with Crippen LogP contribution in [0.5, 0.6) is 0 Å². The van der Waals surface area contributed by atoms with Crippen molar-refractivity contribution in [3.05, 3.63) is 12.3 Å². The molecule has 0 saturated carbocycles. The Hall–Kier alpha value is -1.10. The lowest BCUT2D eigenvalue weighted by atomic mass is 10.3. The summed E-state index contributed by atoms with van der Waals surface area (Å²) in [5.41, 5.74) is 0. The summed E-state index contributed by atoms with van der Waals surface area (Å²) in [6.07, 6.45) is 1.39. The zero-order valence-electron chi connectivity index (χ0n) is 11.6. The Morgan fingerprint density at radius 2 is 1.95 bits per heavy atom. The number of aryl methyl sites for hydroxylation is 1. The second kappa shape index (κ2) is 5.95. The first-order chi connectivity index (χ1) is 9.76. The molecule has 0 bridgehead atoms. The molecule has 1 N–H and O–H groups in total. The van der Waals surface area contributed by atoms with Gasteiger partial charge in [-0.05, 0) is 6.07 Å². The number of aliphatic hydroxyl groups is 1. The van der Waals surface area contributed by atoms with E-state index in [-0.39, 0.29) is 31.2 Å². The highest BCUT2D eigenvalue weighted by Gasteiger charge is 2.35. The number of piperazine rings is 1. The van der Waals surface area contributed by atoms with Gasteiger partial charge in [0.05, 0.1) is 12.7 Å². The molecule has 120 valence electrons. The third kappa shape index (κ3) is 3.57. The Labute approximate surface area is 121 Å². The second-order valence-corrected chi connectivity index (χ2v) is 6.87. The topological polar surface area (TPSA) is 78.7 Å². The van der Waals surface area contributed by atoms with Gasteiger partial charge in [-0.2, -0.15) is 9.40 Å². The molecule has 0 spiro atoms. The van der Waals surface area contributed by atoms with Gasteiger partial charge in [0, 0.05) is 33.2 Å². The summed E-state index contributed by atoms with van der Waals surface area (Å²) in [5.74, 6) is -3.16. The number of rotatable bonds is 5. The lowest BCUT2D eigenvalue weighted by Gasteiger charge is -2.35. The summed E-state index contributed by atoms with van der Waals surface area (Å²) in [5, 5.41) is 12.5. The monoisotopic (exact) mass is 324 g/mol. The fourth-order valence-electron chi connectivity index (χ4n) is 2.25. The number of alkyl halides is 2. The minimum atomic E-state index is -3.65. The predicted molar refractivity (Wildman–Crippen MR) is 70.4 cm³/mol. The van der Waals surface area contributed by atoms with Gasteiger partial charge >= 0.3 is 0 Å². The van der Waals surface area contributed by atoms with Crippen LogP contribution in [0.25, 0.3) is 0 Å². The summed E-state index contributed by atoms with van der Waals surface area (Å²) in [7, 11) is -2.12. The highest BCUT2D eigenvalue weighted by atomic mass is 32.2. The average Bonchev–Trinajstić information content (AvgIpc) is 2.86. The first-order valence-corrected chi connectivity index (χ1v) is 7.89. The first kappa shape index (κ1) is 16.3. The average molecular weight is 324 g/mol. The van der Waals surface area contributed by atoms with Gasteiger partial charge in [0.2, 0.25) is 0 Å². The van der Waals surface area contributed by atoms with Crippen LogP contribution in [0.4, 0.5) is 8.78 Å². The van der Waals surface area contributed by atoms with Gasteiger partial charge < -0.3 is 5.11 Å². The van der Waals surface area contributed by atoms with Gasteiger partial charge in [-0.25, -0.2) is 17.2 Å². The van der Waals surface area contributed by atoms with Crippen molar-refractivity contribution in [3.63, 3.8) is 0 Å². The quantitative estimate of drug-likeness (QED) is 0.779. The number of hydrogen-bond donors (Lipinski definition) is 1. The lowest BCUT2D eigenvalue weighted by molar-refractivity contribution is -0.0762. The molecule has 0 aromatic carbocycles. The zero-order chi connectivity index (χ0) is 15.7. The van der Waals surface area contributed by atoms with E-state index in [4.69, 9.17) is 5.11 Å². The summed E-state index contributed by atoms with van der Waals surface area (Å²) in [6, 6.07) is 1.40. The molecule has 1 fully saturated rings. The summed E-state index contributed by atoms with van der Waals surface area (Å²) < 4.78 is 53.5. The second-order valence-electron chi connectivity index (χ2n) is 4.99. The van der Waals surface area contributed by atoms with Crippen LogP contribution in [0.15, 0.2) is 17.3 Å². The van der Waals surface area contributed by atoms with E-state index in [9.17, 15) is 17.2 Å². The van der Waals surface area contributed by atoms with E-state index in [1.54, 1.807) is 0 Å². The van der Waals surface area contributed by atoms with Crippen molar-refractivity contribution in [1.82, 2.24) is 19.0 Å². The van der Waals surface area contributed by atoms with Gasteiger partial charge in [0.25, 0.3) is 15.9 Å². The number of halogens is 2. The Bertz CT molecular complexity index is 582. The van der Waals surface area contributed by atoms with Gasteiger partial charge in [0.1, 0.15) is 6.61 Å². The van der Waals surface area contributed by atoms with E-state index >= 15 is 0 Å². The molecule has 0 unspecified atom stereocenters. The molecule has 10 heteroatoms. The fraction of sp³-hybridized carbons (Fsp3) is 0.727. The highest BCUT2D eigenvalue weighted by molar-refractivity contribution is 7.89. The predicted octanol–water partition coefficient (Wildman–Crippen LogP) is -0.646. The van der Waals surface area contributed by atoms with E-state index in [2.05, 4.69) is 5.10 Å². The van der Waals surface area contributed by atoms with Crippen LogP contribution >= 0.6 is 0 Å². The number of aliphatic hydroxyl groups excluding tert-OH is 1. The van der Waals surface area contributed by atoms with E-state index in [1.807, 2.05) is 0 Å². The van der Waals surface area contributed by atoms with Crippen molar-refractivity contribution < 1.29 is 22.3 Å². The maximum Gasteiger partial charge on any atom is 0.283 e. The van der Waals surface area contributed by atoms with Crippen molar-refractivity contribution in [2.45, 2.75) is 10.9 Å². The Morgan fingerprint density at radius 1 is 1.33 bits per heavy atom. The number of nitrogens with zero attached hydrogens (tertiary/aromatic N) is 4. The maximum absolute atomic E-state index is 13.1. The van der Waals surface area contributed by atoms with Gasteiger partial charge in [-0.15, -0.1) is 0 Å². The molecule has 1 aliphatic heterocycles. The molecule has 0 atom stereocenters. The Kier molecular flexibility index (Phi) is 4.61. The molecule has 1 aromatic heterocycles. The molecule has 0 aliphatic carbocycles. The Balaban J connectivity index is 2.00. The number of aromatic nitrogens is 2. The van der Waals surface area contributed by atoms with Crippen molar-refractivity contribution in [3.8, 4) is 0 Å². The van der Waals surface area contributed by atoms with Gasteiger partial charge in [-0.1, -0.05) is 0 Å². The zero-order valence-corrected chi connectivity index (χ0v) is 12.4. The maximum atomic E-state index is 13.1. The fourth-order valence-corrected chi connectivity index (χ4v) is 3.77. The van der Waals surface area contributed by atoms with Crippen LogP contribution in [0.3, 0.4) is 0 Å². The third-order valence-electron chi connectivity index (χ3n) is 3.40. The molecule has 7 nitrogen and oxygen atoms in total. The van der Waals surface area contributed by atoms with E-state index in [1.165, 1.54) is 33.2 Å². The van der Waals surface area contributed by atoms with Crippen LogP contribution in [0.2, 0.25) is 0 Å². The minimum absolute atomic E-state index is 0.0802. The smallest absolute Gasteiger partial charge is 0.283 e. The molecule has 0 amide bonds. The molecule has 1 aliphatic rings. The van der Waals surface area contributed by atoms with Crippen LogP contribution < -0.4 is 0 Å². The standard InChI is InChI=1S/C11H18F2N4O3S/c1-15-10(2-3-14-15)21(19,20)17-6-4-16(5-7-17)8-11(12,13)9-18/h2-3,18H,4-9H2,1H3. The van der Waals surface area contributed by atoms with Crippen LogP contribution in [0.1, 0.15) is 0 Å². The Morgan fingerprint density at radius 3 is 2.43 bits per heavy atom. The van der Waals surface area contributed by atoms with Crippen LogP contribution in [0, 0.1) is 0 Å². The molecule has 1 aromatic rings. The third-order valence-corrected chi connectivity index (χ3v) is 5.37. The number of hydrogen-bond acceptors (Lipinski definition) is 5. The molecule has 1 saturated heterocycles. The molecular formula is C11H18F2N4O3S. The van der Waals surface area contributed by atoms with E-state index in [0.717, 1.165) is 0 Å². The first-order valence-electron chi connectivity index (χ1n) is 6.45. The molecule has 21 heavy (non-hydrogen) atoms. The van der Waals surface area contributed by atoms with Crippen molar-refractivity contribution in [2.24, 2.45) is 7.05 Å². The largest absolute Gasteiger partial charge is 0.390 e.